The Hall–Kier alpha value is -0.610. The molecule has 4 heteroatoms. The Morgan fingerprint density at radius 1 is 1.05 bits per heavy atom. The van der Waals surface area contributed by atoms with Crippen molar-refractivity contribution in [3.05, 3.63) is 0 Å². The van der Waals surface area contributed by atoms with Gasteiger partial charge in [-0.3, -0.25) is 9.69 Å². The van der Waals surface area contributed by atoms with Crippen LogP contribution in [0.1, 0.15) is 38.5 Å². The lowest BCUT2D eigenvalue weighted by Crippen LogP contribution is -2.65. The van der Waals surface area contributed by atoms with E-state index in [1.165, 1.54) is 32.2 Å². The van der Waals surface area contributed by atoms with Crippen molar-refractivity contribution in [3.8, 4) is 0 Å². The Morgan fingerprint density at radius 2 is 1.89 bits per heavy atom. The number of aliphatic hydroxyl groups is 1. The lowest BCUT2D eigenvalue weighted by molar-refractivity contribution is -0.154. The number of amides is 1. The van der Waals surface area contributed by atoms with Crippen LogP contribution in [0.3, 0.4) is 0 Å². The summed E-state index contributed by atoms with van der Waals surface area (Å²) in [6.07, 6.45) is 6.06. The average Bonchev–Trinajstić information content (AvgIpc) is 2.40. The molecule has 19 heavy (non-hydrogen) atoms. The fraction of sp³-hybridized carbons (Fsp3) is 0.933. The molecule has 0 spiro atoms. The lowest BCUT2D eigenvalue weighted by Gasteiger charge is -2.57. The van der Waals surface area contributed by atoms with E-state index in [1.807, 2.05) is 0 Å². The number of carbonyl (C=O) groups is 1. The zero-order chi connectivity index (χ0) is 13.0. The standard InChI is InChI=1S/C15H24N2O2/c18-12-6-14-10-5-11(9-17(14)15(19)7-12)13-3-1-2-4-16(13)8-10/h10-14,18H,1-9H2/t10-,11-,12+,13+,14-/m0/s1. The van der Waals surface area contributed by atoms with Crippen LogP contribution in [-0.4, -0.2) is 58.6 Å². The van der Waals surface area contributed by atoms with Gasteiger partial charge in [-0.2, -0.15) is 0 Å². The van der Waals surface area contributed by atoms with E-state index in [0.717, 1.165) is 25.6 Å². The van der Waals surface area contributed by atoms with E-state index >= 15 is 0 Å². The van der Waals surface area contributed by atoms with Gasteiger partial charge in [0.05, 0.1) is 12.5 Å². The summed E-state index contributed by atoms with van der Waals surface area (Å²) >= 11 is 0. The summed E-state index contributed by atoms with van der Waals surface area (Å²) in [4.78, 5) is 17.0. The molecule has 0 aromatic carbocycles. The lowest BCUT2D eigenvalue weighted by atomic mass is 9.70. The van der Waals surface area contributed by atoms with Crippen molar-refractivity contribution >= 4 is 5.91 Å². The number of piperidine rings is 4. The minimum atomic E-state index is -0.399. The summed E-state index contributed by atoms with van der Waals surface area (Å²) in [7, 11) is 0. The van der Waals surface area contributed by atoms with Gasteiger partial charge in [0.15, 0.2) is 0 Å². The molecule has 4 nitrogen and oxygen atoms in total. The molecular formula is C15H24N2O2. The Bertz CT molecular complexity index is 386. The molecule has 5 atom stereocenters. The van der Waals surface area contributed by atoms with Crippen LogP contribution in [0.25, 0.3) is 0 Å². The molecule has 0 aromatic rings. The smallest absolute Gasteiger partial charge is 0.225 e. The van der Waals surface area contributed by atoms with E-state index in [4.69, 9.17) is 0 Å². The Kier molecular flexibility index (Phi) is 2.85. The van der Waals surface area contributed by atoms with Crippen LogP contribution < -0.4 is 0 Å². The molecule has 106 valence electrons. The van der Waals surface area contributed by atoms with E-state index in [0.29, 0.717) is 24.3 Å². The van der Waals surface area contributed by atoms with E-state index in [2.05, 4.69) is 9.80 Å². The molecule has 1 amide bonds. The zero-order valence-corrected chi connectivity index (χ0v) is 11.5. The predicted molar refractivity (Wildman–Crippen MR) is 71.6 cm³/mol. The summed E-state index contributed by atoms with van der Waals surface area (Å²) in [5.74, 6) is 1.49. The number of rotatable bonds is 0. The van der Waals surface area contributed by atoms with Crippen LogP contribution in [0, 0.1) is 11.8 Å². The van der Waals surface area contributed by atoms with Gasteiger partial charge in [-0.15, -0.1) is 0 Å². The summed E-state index contributed by atoms with van der Waals surface area (Å²) in [5, 5.41) is 9.89. The number of hydrogen-bond donors (Lipinski definition) is 1. The van der Waals surface area contributed by atoms with Gasteiger partial charge in [0.2, 0.25) is 5.91 Å². The summed E-state index contributed by atoms with van der Waals surface area (Å²) in [5.41, 5.74) is 0. The molecule has 0 aromatic heterocycles. The van der Waals surface area contributed by atoms with Gasteiger partial charge in [-0.25, -0.2) is 0 Å². The molecule has 0 aliphatic carbocycles. The van der Waals surface area contributed by atoms with Crippen LogP contribution >= 0.6 is 0 Å². The van der Waals surface area contributed by atoms with E-state index in [1.54, 1.807) is 0 Å². The highest BCUT2D eigenvalue weighted by Gasteiger charge is 2.49. The molecule has 1 N–H and O–H groups in total. The first-order valence-electron chi connectivity index (χ1n) is 7.94. The molecule has 0 radical (unpaired) electrons. The second-order valence-electron chi connectivity index (χ2n) is 7.02. The molecular weight excluding hydrogens is 240 g/mol. The van der Waals surface area contributed by atoms with Gasteiger partial charge in [0.25, 0.3) is 0 Å². The van der Waals surface area contributed by atoms with E-state index in [-0.39, 0.29) is 5.91 Å². The molecule has 4 aliphatic heterocycles. The second kappa shape index (κ2) is 4.45. The second-order valence-corrected chi connectivity index (χ2v) is 7.02. The van der Waals surface area contributed by atoms with Crippen molar-refractivity contribution < 1.29 is 9.90 Å². The zero-order valence-electron chi connectivity index (χ0n) is 11.5. The molecule has 2 bridgehead atoms. The third kappa shape index (κ3) is 1.91. The van der Waals surface area contributed by atoms with E-state index in [9.17, 15) is 9.90 Å². The minimum absolute atomic E-state index is 0.197. The summed E-state index contributed by atoms with van der Waals surface area (Å²) in [6.45, 7) is 3.36. The molecule has 4 saturated heterocycles. The monoisotopic (exact) mass is 264 g/mol. The molecule has 4 rings (SSSR count). The number of nitrogens with zero attached hydrogens (tertiary/aromatic N) is 2. The normalized spacial score (nSPS) is 46.7. The summed E-state index contributed by atoms with van der Waals surface area (Å²) in [6, 6.07) is 1.04. The SMILES string of the molecule is O=C1C[C@H](O)C[C@H]2[C@H]3C[C@@H](CN12)[C@H]1CCCCN1C3. The predicted octanol–water partition coefficient (Wildman–Crippen LogP) is 0.843. The van der Waals surface area contributed by atoms with Gasteiger partial charge >= 0.3 is 0 Å². The van der Waals surface area contributed by atoms with Crippen LogP contribution in [0.2, 0.25) is 0 Å². The molecule has 4 aliphatic rings. The Balaban J connectivity index is 1.59. The van der Waals surface area contributed by atoms with Crippen LogP contribution in [0.4, 0.5) is 0 Å². The fourth-order valence-corrected chi connectivity index (χ4v) is 5.10. The van der Waals surface area contributed by atoms with Crippen molar-refractivity contribution in [1.82, 2.24) is 9.80 Å². The number of hydrogen-bond acceptors (Lipinski definition) is 3. The first-order chi connectivity index (χ1) is 9.22. The minimum Gasteiger partial charge on any atom is -0.393 e. The molecule has 4 fully saturated rings. The maximum Gasteiger partial charge on any atom is 0.225 e. The highest BCUT2D eigenvalue weighted by molar-refractivity contribution is 5.78. The van der Waals surface area contributed by atoms with Crippen molar-refractivity contribution in [2.75, 3.05) is 19.6 Å². The largest absolute Gasteiger partial charge is 0.393 e. The van der Waals surface area contributed by atoms with Crippen molar-refractivity contribution in [3.63, 3.8) is 0 Å². The maximum atomic E-state index is 12.2. The third-order valence-electron chi connectivity index (χ3n) is 5.90. The summed E-state index contributed by atoms with van der Waals surface area (Å²) < 4.78 is 0. The van der Waals surface area contributed by atoms with Crippen LogP contribution in [-0.2, 0) is 4.79 Å². The molecule has 0 unspecified atom stereocenters. The van der Waals surface area contributed by atoms with Gasteiger partial charge in [0.1, 0.15) is 0 Å². The van der Waals surface area contributed by atoms with Gasteiger partial charge in [-0.05, 0) is 44.1 Å². The van der Waals surface area contributed by atoms with E-state index < -0.39 is 6.10 Å². The van der Waals surface area contributed by atoms with Crippen LogP contribution in [0.15, 0.2) is 0 Å². The van der Waals surface area contributed by atoms with Gasteiger partial charge < -0.3 is 10.0 Å². The van der Waals surface area contributed by atoms with Gasteiger partial charge in [-0.1, -0.05) is 6.42 Å². The highest BCUT2D eigenvalue weighted by Crippen LogP contribution is 2.42. The molecule has 4 heterocycles. The fourth-order valence-electron chi connectivity index (χ4n) is 5.10. The van der Waals surface area contributed by atoms with Crippen LogP contribution in [0.5, 0.6) is 0 Å². The number of fused-ring (bicyclic) bond motifs is 6. The quantitative estimate of drug-likeness (QED) is 0.705. The maximum absolute atomic E-state index is 12.2. The van der Waals surface area contributed by atoms with Gasteiger partial charge in [0, 0.05) is 25.2 Å². The van der Waals surface area contributed by atoms with Crippen molar-refractivity contribution in [1.29, 1.82) is 0 Å². The Labute approximate surface area is 114 Å². The van der Waals surface area contributed by atoms with Crippen molar-refractivity contribution in [2.24, 2.45) is 11.8 Å². The Morgan fingerprint density at radius 3 is 2.79 bits per heavy atom. The third-order valence-corrected chi connectivity index (χ3v) is 5.90. The first-order valence-corrected chi connectivity index (χ1v) is 7.94. The highest BCUT2D eigenvalue weighted by atomic mass is 16.3. The topological polar surface area (TPSA) is 43.8 Å². The first kappa shape index (κ1) is 12.2. The van der Waals surface area contributed by atoms with Crippen molar-refractivity contribution in [2.45, 2.75) is 56.7 Å². The number of aliphatic hydroxyl groups excluding tert-OH is 1. The average molecular weight is 264 g/mol. The molecule has 0 saturated carbocycles. The number of carbonyl (C=O) groups excluding carboxylic acids is 1.